The van der Waals surface area contributed by atoms with E-state index in [1.54, 1.807) is 0 Å². The average molecular weight is 626 g/mol. The monoisotopic (exact) mass is 625 g/mol. The summed E-state index contributed by atoms with van der Waals surface area (Å²) in [4.78, 5) is 4.95. The molecule has 0 radical (unpaired) electrons. The van der Waals surface area contributed by atoms with Crippen molar-refractivity contribution in [3.63, 3.8) is 0 Å². The molecule has 3 heterocycles. The highest BCUT2D eigenvalue weighted by atomic mass is 15.0. The molecule has 0 amide bonds. The second-order valence-electron chi connectivity index (χ2n) is 12.8. The zero-order chi connectivity index (χ0) is 32.3. The van der Waals surface area contributed by atoms with E-state index in [1.165, 1.54) is 71.4 Å². The van der Waals surface area contributed by atoms with Crippen LogP contribution in [0.3, 0.4) is 0 Å². The van der Waals surface area contributed by atoms with Gasteiger partial charge in [0.25, 0.3) is 0 Å². The molecule has 0 unspecified atom stereocenters. The molecule has 3 heteroatoms. The van der Waals surface area contributed by atoms with Gasteiger partial charge in [0.15, 0.2) is 0 Å². The number of pyridine rings is 1. The molecular weight excluding hydrogens is 595 g/mol. The molecular formula is C46H31N3. The molecule has 10 rings (SSSR count). The van der Waals surface area contributed by atoms with Crippen molar-refractivity contribution in [3.8, 4) is 27.9 Å². The van der Waals surface area contributed by atoms with Crippen molar-refractivity contribution in [1.29, 1.82) is 0 Å². The molecule has 0 aliphatic carbocycles. The Hall–Kier alpha value is -6.45. The molecule has 0 aliphatic heterocycles. The highest BCUT2D eigenvalue weighted by molar-refractivity contribution is 6.24. The van der Waals surface area contributed by atoms with Crippen molar-refractivity contribution in [2.75, 3.05) is 0 Å². The minimum atomic E-state index is 0.761. The molecule has 0 saturated carbocycles. The Kier molecular flexibility index (Phi) is 6.25. The first-order chi connectivity index (χ1) is 24.3. The minimum absolute atomic E-state index is 0.761. The lowest BCUT2D eigenvalue weighted by molar-refractivity contribution is 0.870. The summed E-state index contributed by atoms with van der Waals surface area (Å²) in [5, 5.41) is 6.09. The number of aromatic nitrogens is 3. The van der Waals surface area contributed by atoms with Crippen molar-refractivity contribution < 1.29 is 0 Å². The third-order valence-corrected chi connectivity index (χ3v) is 9.98. The Balaban J connectivity index is 1.35. The average Bonchev–Trinajstić information content (AvgIpc) is 3.67. The van der Waals surface area contributed by atoms with E-state index in [1.807, 2.05) is 6.20 Å². The van der Waals surface area contributed by atoms with Crippen LogP contribution >= 0.6 is 0 Å². The Bertz CT molecular complexity index is 2830. The van der Waals surface area contributed by atoms with Crippen molar-refractivity contribution in [3.05, 3.63) is 182 Å². The van der Waals surface area contributed by atoms with Crippen LogP contribution in [0.25, 0.3) is 82.5 Å². The molecule has 7 aromatic carbocycles. The van der Waals surface area contributed by atoms with Crippen LogP contribution in [-0.4, -0.2) is 14.1 Å². The summed E-state index contributed by atoms with van der Waals surface area (Å²) in [5.74, 6) is 0. The van der Waals surface area contributed by atoms with Crippen LogP contribution < -0.4 is 0 Å². The molecule has 0 N–H and O–H groups in total. The predicted molar refractivity (Wildman–Crippen MR) is 205 cm³/mol. The molecule has 0 saturated heterocycles. The standard InChI is InChI=1S/C46H31N3/c1-4-12-31(13-5-1)30-48-43-24-20-34(32-14-6-2-7-15-32)27-40(43)38-22-23-39-41-28-35(33-16-8-3-9-17-33)21-25-44(41)49(46(39)45(38)48)37-26-36-18-10-11-19-42(36)47-29-37/h1-29H,30H2. The second-order valence-corrected chi connectivity index (χ2v) is 12.8. The molecule has 230 valence electrons. The maximum Gasteiger partial charge on any atom is 0.0785 e. The van der Waals surface area contributed by atoms with Gasteiger partial charge in [-0.2, -0.15) is 0 Å². The Morgan fingerprint density at radius 2 is 1.00 bits per heavy atom. The van der Waals surface area contributed by atoms with E-state index in [4.69, 9.17) is 4.98 Å². The number of rotatable bonds is 5. The Morgan fingerprint density at radius 1 is 0.429 bits per heavy atom. The van der Waals surface area contributed by atoms with E-state index in [9.17, 15) is 0 Å². The first-order valence-electron chi connectivity index (χ1n) is 16.8. The van der Waals surface area contributed by atoms with Gasteiger partial charge in [0.1, 0.15) is 0 Å². The molecule has 0 aliphatic rings. The molecule has 49 heavy (non-hydrogen) atoms. The lowest BCUT2D eigenvalue weighted by Gasteiger charge is -2.13. The Labute approximate surface area is 283 Å². The smallest absolute Gasteiger partial charge is 0.0785 e. The van der Waals surface area contributed by atoms with Crippen LogP contribution in [0, 0.1) is 0 Å². The Morgan fingerprint density at radius 3 is 1.69 bits per heavy atom. The summed E-state index contributed by atoms with van der Waals surface area (Å²) in [6.07, 6.45) is 2.03. The highest BCUT2D eigenvalue weighted by Crippen LogP contribution is 2.42. The number of benzene rings is 7. The van der Waals surface area contributed by atoms with E-state index in [0.29, 0.717) is 0 Å². The van der Waals surface area contributed by atoms with Crippen molar-refractivity contribution in [2.45, 2.75) is 6.54 Å². The first kappa shape index (κ1) is 27.6. The maximum atomic E-state index is 4.95. The third kappa shape index (κ3) is 4.47. The van der Waals surface area contributed by atoms with Crippen molar-refractivity contribution >= 4 is 54.5 Å². The zero-order valence-electron chi connectivity index (χ0n) is 26.8. The summed E-state index contributed by atoms with van der Waals surface area (Å²) in [6, 6.07) is 61.4. The second kappa shape index (κ2) is 11.1. The van der Waals surface area contributed by atoms with Gasteiger partial charge in [-0.15, -0.1) is 0 Å². The summed E-state index contributed by atoms with van der Waals surface area (Å²) < 4.78 is 4.97. The van der Waals surface area contributed by atoms with E-state index < -0.39 is 0 Å². The number of fused-ring (bicyclic) bond motifs is 8. The van der Waals surface area contributed by atoms with Gasteiger partial charge in [-0.1, -0.05) is 133 Å². The van der Waals surface area contributed by atoms with Crippen LogP contribution in [0.15, 0.2) is 176 Å². The summed E-state index contributed by atoms with van der Waals surface area (Å²) in [5.41, 5.74) is 13.0. The fraction of sp³-hybridized carbons (Fsp3) is 0.0217. The maximum absolute atomic E-state index is 4.95. The van der Waals surface area contributed by atoms with Gasteiger partial charge < -0.3 is 9.13 Å². The quantitative estimate of drug-likeness (QED) is 0.187. The van der Waals surface area contributed by atoms with Gasteiger partial charge in [0, 0.05) is 39.0 Å². The normalized spacial score (nSPS) is 11.8. The first-order valence-corrected chi connectivity index (χ1v) is 16.8. The van der Waals surface area contributed by atoms with Gasteiger partial charge in [-0.25, -0.2) is 0 Å². The molecule has 3 aromatic heterocycles. The van der Waals surface area contributed by atoms with E-state index >= 15 is 0 Å². The van der Waals surface area contributed by atoms with Gasteiger partial charge >= 0.3 is 0 Å². The van der Waals surface area contributed by atoms with E-state index in [2.05, 4.69) is 179 Å². The van der Waals surface area contributed by atoms with Crippen LogP contribution in [0.1, 0.15) is 5.56 Å². The molecule has 0 atom stereocenters. The number of nitrogens with zero attached hydrogens (tertiary/aromatic N) is 3. The van der Waals surface area contributed by atoms with Crippen LogP contribution in [0.4, 0.5) is 0 Å². The largest absolute Gasteiger partial charge is 0.334 e. The topological polar surface area (TPSA) is 22.8 Å². The van der Waals surface area contributed by atoms with Gasteiger partial charge in [0.05, 0.1) is 34.0 Å². The van der Waals surface area contributed by atoms with Crippen LogP contribution in [-0.2, 0) is 6.54 Å². The highest BCUT2D eigenvalue weighted by Gasteiger charge is 2.22. The fourth-order valence-corrected chi connectivity index (χ4v) is 7.69. The summed E-state index contributed by atoms with van der Waals surface area (Å²) in [7, 11) is 0. The van der Waals surface area contributed by atoms with Gasteiger partial charge in [-0.3, -0.25) is 4.98 Å². The lowest BCUT2D eigenvalue weighted by atomic mass is 10.0. The number of hydrogen-bond acceptors (Lipinski definition) is 1. The number of para-hydroxylation sites is 1. The molecule has 0 fully saturated rings. The van der Waals surface area contributed by atoms with E-state index in [-0.39, 0.29) is 0 Å². The SMILES string of the molecule is c1ccc(Cn2c3ccc(-c4ccccc4)cc3c3ccc4c5cc(-c6ccccc6)ccc5n(-c5cnc6ccccc6c5)c4c32)cc1. The zero-order valence-corrected chi connectivity index (χ0v) is 26.8. The van der Waals surface area contributed by atoms with E-state index in [0.717, 1.165) is 23.1 Å². The van der Waals surface area contributed by atoms with Gasteiger partial charge in [0.2, 0.25) is 0 Å². The lowest BCUT2D eigenvalue weighted by Crippen LogP contribution is -2.02. The summed E-state index contributed by atoms with van der Waals surface area (Å²) >= 11 is 0. The molecule has 0 spiro atoms. The van der Waals surface area contributed by atoms with Gasteiger partial charge in [-0.05, 0) is 64.2 Å². The van der Waals surface area contributed by atoms with Crippen molar-refractivity contribution in [2.24, 2.45) is 0 Å². The molecule has 3 nitrogen and oxygen atoms in total. The predicted octanol–water partition coefficient (Wildman–Crippen LogP) is 11.8. The van der Waals surface area contributed by atoms with Crippen LogP contribution in [0.5, 0.6) is 0 Å². The minimum Gasteiger partial charge on any atom is -0.334 e. The van der Waals surface area contributed by atoms with Crippen molar-refractivity contribution in [1.82, 2.24) is 14.1 Å². The molecule has 0 bridgehead atoms. The van der Waals surface area contributed by atoms with Crippen LogP contribution in [0.2, 0.25) is 0 Å². The summed E-state index contributed by atoms with van der Waals surface area (Å²) in [6.45, 7) is 0.761. The number of hydrogen-bond donors (Lipinski definition) is 0. The molecule has 10 aromatic rings. The fourth-order valence-electron chi connectivity index (χ4n) is 7.69. The third-order valence-electron chi connectivity index (χ3n) is 9.98.